The van der Waals surface area contributed by atoms with Gasteiger partial charge < -0.3 is 15.1 Å². The lowest BCUT2D eigenvalue weighted by Gasteiger charge is -2.47. The van der Waals surface area contributed by atoms with E-state index >= 15 is 0 Å². The Morgan fingerprint density at radius 3 is 2.38 bits per heavy atom. The summed E-state index contributed by atoms with van der Waals surface area (Å²) in [5, 5.41) is 3.58. The maximum absolute atomic E-state index is 12.1. The maximum atomic E-state index is 12.1. The Labute approximate surface area is 130 Å². The van der Waals surface area contributed by atoms with E-state index in [1.54, 1.807) is 12.1 Å². The topological polar surface area (TPSA) is 38.8 Å². The van der Waals surface area contributed by atoms with Crippen LogP contribution in [0.4, 0.5) is 10.5 Å². The predicted octanol–water partition coefficient (Wildman–Crippen LogP) is 1.80. The number of likely N-dealkylation sites (tertiary alicyclic amines) is 1. The highest BCUT2D eigenvalue weighted by molar-refractivity contribution is 6.30. The van der Waals surface area contributed by atoms with Crippen LogP contribution < -0.4 is 5.32 Å². The van der Waals surface area contributed by atoms with Crippen LogP contribution in [-0.2, 0) is 0 Å². The number of anilines is 1. The van der Waals surface area contributed by atoms with Crippen molar-refractivity contribution in [2.24, 2.45) is 0 Å². The highest BCUT2D eigenvalue weighted by Crippen LogP contribution is 2.19. The minimum absolute atomic E-state index is 0.0253. The SMILES string of the molecule is CN1CCN(C2CN(C(=O)Nc3ccc(Cl)cc3)C2)CC1. The zero-order chi connectivity index (χ0) is 14.8. The summed E-state index contributed by atoms with van der Waals surface area (Å²) in [7, 11) is 2.16. The molecule has 3 rings (SSSR count). The molecule has 1 N–H and O–H groups in total. The Kier molecular flexibility index (Phi) is 4.33. The van der Waals surface area contributed by atoms with Gasteiger partial charge in [0.25, 0.3) is 0 Å². The van der Waals surface area contributed by atoms with Gasteiger partial charge in [-0.2, -0.15) is 0 Å². The molecule has 21 heavy (non-hydrogen) atoms. The lowest BCUT2D eigenvalue weighted by molar-refractivity contribution is 0.0318. The number of rotatable bonds is 2. The normalized spacial score (nSPS) is 21.1. The molecule has 2 fully saturated rings. The molecule has 2 amide bonds. The first-order valence-corrected chi connectivity index (χ1v) is 7.74. The Bertz CT molecular complexity index is 493. The van der Waals surface area contributed by atoms with Crippen LogP contribution in [0.25, 0.3) is 0 Å². The summed E-state index contributed by atoms with van der Waals surface area (Å²) in [4.78, 5) is 18.8. The van der Waals surface area contributed by atoms with Crippen molar-refractivity contribution < 1.29 is 4.79 Å². The van der Waals surface area contributed by atoms with Crippen molar-refractivity contribution in [2.45, 2.75) is 6.04 Å². The van der Waals surface area contributed by atoms with Gasteiger partial charge in [-0.1, -0.05) is 11.6 Å². The molecular formula is C15H21ClN4O. The summed E-state index contributed by atoms with van der Waals surface area (Å²) in [6, 6.07) is 7.69. The van der Waals surface area contributed by atoms with Crippen molar-refractivity contribution in [3.05, 3.63) is 29.3 Å². The molecule has 0 unspecified atom stereocenters. The zero-order valence-electron chi connectivity index (χ0n) is 12.3. The molecule has 0 bridgehead atoms. The van der Waals surface area contributed by atoms with Gasteiger partial charge in [-0.05, 0) is 31.3 Å². The fraction of sp³-hybridized carbons (Fsp3) is 0.533. The smallest absolute Gasteiger partial charge is 0.321 e. The van der Waals surface area contributed by atoms with Crippen molar-refractivity contribution >= 4 is 23.3 Å². The standard InChI is InChI=1S/C15H21ClN4O/c1-18-6-8-19(9-7-18)14-10-20(11-14)15(21)17-13-4-2-12(16)3-5-13/h2-5,14H,6-11H2,1H3,(H,17,21). The Hall–Kier alpha value is -1.30. The number of benzene rings is 1. The molecule has 0 spiro atoms. The minimum Gasteiger partial charge on any atom is -0.321 e. The summed E-state index contributed by atoms with van der Waals surface area (Å²) in [6.07, 6.45) is 0. The lowest BCUT2D eigenvalue weighted by Crippen LogP contribution is -2.64. The second-order valence-corrected chi connectivity index (χ2v) is 6.27. The van der Waals surface area contributed by atoms with Gasteiger partial charge in [-0.15, -0.1) is 0 Å². The number of urea groups is 1. The summed E-state index contributed by atoms with van der Waals surface area (Å²) in [6.45, 7) is 6.09. The van der Waals surface area contributed by atoms with Gasteiger partial charge in [-0.25, -0.2) is 4.79 Å². The fourth-order valence-electron chi connectivity index (χ4n) is 2.77. The lowest BCUT2D eigenvalue weighted by atomic mass is 10.1. The van der Waals surface area contributed by atoms with Gasteiger partial charge in [0, 0.05) is 56.0 Å². The van der Waals surface area contributed by atoms with Crippen molar-refractivity contribution in [2.75, 3.05) is 51.6 Å². The number of hydrogen-bond acceptors (Lipinski definition) is 3. The van der Waals surface area contributed by atoms with Crippen molar-refractivity contribution in [3.63, 3.8) is 0 Å². The van der Waals surface area contributed by atoms with E-state index < -0.39 is 0 Å². The molecule has 2 saturated heterocycles. The van der Waals surface area contributed by atoms with Crippen LogP contribution >= 0.6 is 11.6 Å². The third-order valence-electron chi connectivity index (χ3n) is 4.30. The number of carbonyl (C=O) groups is 1. The van der Waals surface area contributed by atoms with E-state index in [1.807, 2.05) is 17.0 Å². The first kappa shape index (κ1) is 14.6. The molecule has 0 atom stereocenters. The van der Waals surface area contributed by atoms with E-state index in [2.05, 4.69) is 22.2 Å². The molecule has 2 heterocycles. The quantitative estimate of drug-likeness (QED) is 0.905. The maximum Gasteiger partial charge on any atom is 0.321 e. The summed E-state index contributed by atoms with van der Waals surface area (Å²) in [5.74, 6) is 0. The van der Waals surface area contributed by atoms with E-state index in [0.717, 1.165) is 45.0 Å². The molecule has 114 valence electrons. The second-order valence-electron chi connectivity index (χ2n) is 5.84. The van der Waals surface area contributed by atoms with E-state index in [9.17, 15) is 4.79 Å². The van der Waals surface area contributed by atoms with Gasteiger partial charge in [-0.3, -0.25) is 4.90 Å². The Balaban J connectivity index is 1.45. The molecule has 1 aromatic carbocycles. The predicted molar refractivity (Wildman–Crippen MR) is 84.9 cm³/mol. The van der Waals surface area contributed by atoms with Gasteiger partial charge >= 0.3 is 6.03 Å². The Morgan fingerprint density at radius 2 is 1.76 bits per heavy atom. The van der Waals surface area contributed by atoms with Gasteiger partial charge in [0.1, 0.15) is 0 Å². The van der Waals surface area contributed by atoms with Crippen LogP contribution in [0.2, 0.25) is 5.02 Å². The second kappa shape index (κ2) is 6.22. The van der Waals surface area contributed by atoms with E-state index in [-0.39, 0.29) is 6.03 Å². The van der Waals surface area contributed by atoms with Gasteiger partial charge in [0.2, 0.25) is 0 Å². The van der Waals surface area contributed by atoms with Crippen LogP contribution in [-0.4, -0.2) is 73.1 Å². The van der Waals surface area contributed by atoms with Crippen LogP contribution in [0, 0.1) is 0 Å². The molecule has 0 saturated carbocycles. The van der Waals surface area contributed by atoms with Crippen LogP contribution in [0.1, 0.15) is 0 Å². The van der Waals surface area contributed by atoms with E-state index in [4.69, 9.17) is 11.6 Å². The van der Waals surface area contributed by atoms with Crippen molar-refractivity contribution in [1.29, 1.82) is 0 Å². The number of hydrogen-bond donors (Lipinski definition) is 1. The molecule has 0 radical (unpaired) electrons. The van der Waals surface area contributed by atoms with Gasteiger partial charge in [0.05, 0.1) is 0 Å². The first-order valence-electron chi connectivity index (χ1n) is 7.36. The summed E-state index contributed by atoms with van der Waals surface area (Å²) < 4.78 is 0. The molecule has 2 aliphatic rings. The first-order chi connectivity index (χ1) is 10.1. The molecule has 6 heteroatoms. The van der Waals surface area contributed by atoms with Crippen molar-refractivity contribution in [1.82, 2.24) is 14.7 Å². The average Bonchev–Trinajstić information content (AvgIpc) is 2.42. The molecule has 1 aromatic rings. The van der Waals surface area contributed by atoms with E-state index in [0.29, 0.717) is 11.1 Å². The van der Waals surface area contributed by atoms with Crippen molar-refractivity contribution in [3.8, 4) is 0 Å². The molecule has 5 nitrogen and oxygen atoms in total. The highest BCUT2D eigenvalue weighted by Gasteiger charge is 2.35. The van der Waals surface area contributed by atoms with Crippen LogP contribution in [0.3, 0.4) is 0 Å². The van der Waals surface area contributed by atoms with E-state index in [1.165, 1.54) is 0 Å². The van der Waals surface area contributed by atoms with Crippen LogP contribution in [0.15, 0.2) is 24.3 Å². The summed E-state index contributed by atoms with van der Waals surface area (Å²) in [5.41, 5.74) is 0.785. The molecule has 0 aromatic heterocycles. The highest BCUT2D eigenvalue weighted by atomic mass is 35.5. The van der Waals surface area contributed by atoms with Crippen LogP contribution in [0.5, 0.6) is 0 Å². The number of nitrogens with zero attached hydrogens (tertiary/aromatic N) is 3. The number of amides is 2. The zero-order valence-corrected chi connectivity index (χ0v) is 13.0. The third-order valence-corrected chi connectivity index (χ3v) is 4.55. The minimum atomic E-state index is -0.0253. The average molecular weight is 309 g/mol. The number of carbonyl (C=O) groups excluding carboxylic acids is 1. The van der Waals surface area contributed by atoms with Gasteiger partial charge in [0.15, 0.2) is 0 Å². The molecule has 0 aliphatic carbocycles. The summed E-state index contributed by atoms with van der Waals surface area (Å²) >= 11 is 5.83. The monoisotopic (exact) mass is 308 g/mol. The number of likely N-dealkylation sites (N-methyl/N-ethyl adjacent to an activating group) is 1. The fourth-order valence-corrected chi connectivity index (χ4v) is 2.90. The Morgan fingerprint density at radius 1 is 1.14 bits per heavy atom. The number of nitrogens with one attached hydrogen (secondary N) is 1. The largest absolute Gasteiger partial charge is 0.321 e. The number of halogens is 1. The molecular weight excluding hydrogens is 288 g/mol. The number of piperazine rings is 1. The molecule has 2 aliphatic heterocycles. The third kappa shape index (κ3) is 3.48.